The first-order chi connectivity index (χ1) is 8.78. The zero-order valence-electron chi connectivity index (χ0n) is 10.3. The molecule has 3 nitrogen and oxygen atoms in total. The maximum absolute atomic E-state index is 9.00. The van der Waals surface area contributed by atoms with Crippen LogP contribution in [0.4, 0.5) is 0 Å². The number of aliphatic hydroxyl groups excluding tert-OH is 1. The Morgan fingerprint density at radius 3 is 3.17 bits per heavy atom. The summed E-state index contributed by atoms with van der Waals surface area (Å²) in [7, 11) is 0. The number of rotatable bonds is 3. The maximum Gasteiger partial charge on any atom is 0.124 e. The van der Waals surface area contributed by atoms with Crippen molar-refractivity contribution in [2.45, 2.75) is 19.8 Å². The van der Waals surface area contributed by atoms with Crippen LogP contribution < -0.4 is 4.74 Å². The van der Waals surface area contributed by atoms with Crippen LogP contribution in [0.25, 0.3) is 10.6 Å². The lowest BCUT2D eigenvalue weighted by Crippen LogP contribution is -1.92. The van der Waals surface area contributed by atoms with Crippen LogP contribution in [0.15, 0.2) is 18.2 Å². The van der Waals surface area contributed by atoms with E-state index >= 15 is 0 Å². The van der Waals surface area contributed by atoms with E-state index < -0.39 is 0 Å². The molecule has 4 heteroatoms. The van der Waals surface area contributed by atoms with Gasteiger partial charge in [0.1, 0.15) is 10.8 Å². The first-order valence-electron chi connectivity index (χ1n) is 6.11. The second-order valence-corrected chi connectivity index (χ2v) is 5.62. The number of aliphatic hydroxyl groups is 1. The summed E-state index contributed by atoms with van der Waals surface area (Å²) in [6.07, 6.45) is 1.63. The van der Waals surface area contributed by atoms with Gasteiger partial charge in [-0.2, -0.15) is 0 Å². The molecule has 1 aromatic heterocycles. The van der Waals surface area contributed by atoms with E-state index in [2.05, 4.69) is 30.1 Å². The van der Waals surface area contributed by atoms with Crippen molar-refractivity contribution in [2.24, 2.45) is 0 Å². The molecule has 1 aromatic carbocycles. The summed E-state index contributed by atoms with van der Waals surface area (Å²) in [5.41, 5.74) is 3.38. The fourth-order valence-corrected chi connectivity index (χ4v) is 3.14. The first-order valence-corrected chi connectivity index (χ1v) is 6.93. The Hall–Kier alpha value is -1.39. The lowest BCUT2D eigenvalue weighted by molar-refractivity contribution is 0.298. The van der Waals surface area contributed by atoms with Gasteiger partial charge in [0.25, 0.3) is 0 Å². The van der Waals surface area contributed by atoms with Gasteiger partial charge in [-0.25, -0.2) is 4.98 Å². The average Bonchev–Trinajstić information content (AvgIpc) is 2.96. The average molecular weight is 261 g/mol. The summed E-state index contributed by atoms with van der Waals surface area (Å²) in [4.78, 5) is 5.78. The van der Waals surface area contributed by atoms with Gasteiger partial charge in [0, 0.05) is 29.9 Å². The number of aryl methyl sites for hydroxylation is 1. The van der Waals surface area contributed by atoms with E-state index in [-0.39, 0.29) is 6.61 Å². The Balaban J connectivity index is 1.97. The van der Waals surface area contributed by atoms with Gasteiger partial charge in [0.2, 0.25) is 0 Å². The normalized spacial score (nSPS) is 13.4. The molecule has 94 valence electrons. The predicted octanol–water partition coefficient (Wildman–Crippen LogP) is 2.59. The second kappa shape index (κ2) is 4.71. The lowest BCUT2D eigenvalue weighted by Gasteiger charge is -2.01. The Morgan fingerprint density at radius 2 is 2.33 bits per heavy atom. The van der Waals surface area contributed by atoms with E-state index in [1.807, 2.05) is 0 Å². The molecule has 0 amide bonds. The third kappa shape index (κ3) is 2.02. The molecule has 3 rings (SSSR count). The van der Waals surface area contributed by atoms with E-state index in [9.17, 15) is 0 Å². The molecule has 0 unspecified atom stereocenters. The number of aromatic nitrogens is 1. The second-order valence-electron chi connectivity index (χ2n) is 4.42. The number of hydrogen-bond acceptors (Lipinski definition) is 4. The number of nitrogens with zero attached hydrogens (tertiary/aromatic N) is 1. The van der Waals surface area contributed by atoms with E-state index in [1.54, 1.807) is 11.3 Å². The summed E-state index contributed by atoms with van der Waals surface area (Å²) in [5.74, 6) is 0.990. The third-order valence-electron chi connectivity index (χ3n) is 3.18. The minimum atomic E-state index is 0.150. The quantitative estimate of drug-likeness (QED) is 0.923. The van der Waals surface area contributed by atoms with Crippen molar-refractivity contribution in [3.63, 3.8) is 0 Å². The Bertz CT molecular complexity index is 577. The van der Waals surface area contributed by atoms with Crippen molar-refractivity contribution in [2.75, 3.05) is 13.2 Å². The van der Waals surface area contributed by atoms with Gasteiger partial charge in [-0.05, 0) is 18.6 Å². The molecular weight excluding hydrogens is 246 g/mol. The van der Waals surface area contributed by atoms with Crippen LogP contribution in [0.5, 0.6) is 5.75 Å². The van der Waals surface area contributed by atoms with Crippen LogP contribution >= 0.6 is 11.3 Å². The number of thiazole rings is 1. The van der Waals surface area contributed by atoms with Crippen LogP contribution in [-0.2, 0) is 12.8 Å². The van der Waals surface area contributed by atoms with E-state index in [0.29, 0.717) is 6.42 Å². The molecule has 2 aromatic rings. The van der Waals surface area contributed by atoms with Gasteiger partial charge in [-0.3, -0.25) is 0 Å². The molecule has 0 spiro atoms. The zero-order chi connectivity index (χ0) is 12.5. The summed E-state index contributed by atoms with van der Waals surface area (Å²) < 4.78 is 5.58. The molecular formula is C14H15NO2S. The smallest absolute Gasteiger partial charge is 0.124 e. The van der Waals surface area contributed by atoms with E-state index in [4.69, 9.17) is 9.84 Å². The molecule has 0 bridgehead atoms. The van der Waals surface area contributed by atoms with Gasteiger partial charge < -0.3 is 9.84 Å². The molecule has 0 atom stereocenters. The SMILES string of the molecule is Cc1sc(-c2ccc3c(c2)OCC3)nc1CCO. The largest absolute Gasteiger partial charge is 0.493 e. The molecule has 18 heavy (non-hydrogen) atoms. The van der Waals surface area contributed by atoms with Gasteiger partial charge in [-0.1, -0.05) is 12.1 Å². The minimum Gasteiger partial charge on any atom is -0.493 e. The first kappa shape index (κ1) is 11.7. The van der Waals surface area contributed by atoms with E-state index in [0.717, 1.165) is 35.0 Å². The topological polar surface area (TPSA) is 42.4 Å². The van der Waals surface area contributed by atoms with Crippen molar-refractivity contribution in [1.29, 1.82) is 0 Å². The molecule has 2 heterocycles. The summed E-state index contributed by atoms with van der Waals surface area (Å²) in [6.45, 7) is 2.98. The maximum atomic E-state index is 9.00. The predicted molar refractivity (Wildman–Crippen MR) is 72.3 cm³/mol. The minimum absolute atomic E-state index is 0.150. The van der Waals surface area contributed by atoms with Crippen LogP contribution in [-0.4, -0.2) is 23.3 Å². The Labute approximate surface area is 110 Å². The van der Waals surface area contributed by atoms with Crippen molar-refractivity contribution in [1.82, 2.24) is 4.98 Å². The van der Waals surface area contributed by atoms with Crippen molar-refractivity contribution >= 4 is 11.3 Å². The monoisotopic (exact) mass is 261 g/mol. The van der Waals surface area contributed by atoms with Gasteiger partial charge in [-0.15, -0.1) is 11.3 Å². The summed E-state index contributed by atoms with van der Waals surface area (Å²) in [6, 6.07) is 6.30. The number of hydrogen-bond donors (Lipinski definition) is 1. The molecule has 1 N–H and O–H groups in total. The van der Waals surface area contributed by atoms with Gasteiger partial charge in [0.15, 0.2) is 0 Å². The fourth-order valence-electron chi connectivity index (χ4n) is 2.19. The lowest BCUT2D eigenvalue weighted by atomic mass is 10.1. The van der Waals surface area contributed by atoms with Crippen molar-refractivity contribution in [3.8, 4) is 16.3 Å². The Morgan fingerprint density at radius 1 is 1.44 bits per heavy atom. The summed E-state index contributed by atoms with van der Waals surface area (Å²) in [5, 5.41) is 10.0. The zero-order valence-corrected chi connectivity index (χ0v) is 11.1. The van der Waals surface area contributed by atoms with E-state index in [1.165, 1.54) is 10.4 Å². The molecule has 1 aliphatic rings. The number of benzene rings is 1. The molecule has 0 fully saturated rings. The molecule has 0 saturated carbocycles. The van der Waals surface area contributed by atoms with Crippen molar-refractivity contribution in [3.05, 3.63) is 34.3 Å². The van der Waals surface area contributed by atoms with Crippen LogP contribution in [0.1, 0.15) is 16.1 Å². The number of fused-ring (bicyclic) bond motifs is 1. The molecule has 1 aliphatic heterocycles. The highest BCUT2D eigenvalue weighted by molar-refractivity contribution is 7.15. The third-order valence-corrected chi connectivity index (χ3v) is 4.25. The highest BCUT2D eigenvalue weighted by atomic mass is 32.1. The highest BCUT2D eigenvalue weighted by Gasteiger charge is 2.15. The van der Waals surface area contributed by atoms with Crippen LogP contribution in [0.3, 0.4) is 0 Å². The number of ether oxygens (including phenoxy) is 1. The van der Waals surface area contributed by atoms with Crippen molar-refractivity contribution < 1.29 is 9.84 Å². The summed E-state index contributed by atoms with van der Waals surface area (Å²) >= 11 is 1.68. The highest BCUT2D eigenvalue weighted by Crippen LogP contribution is 2.33. The van der Waals surface area contributed by atoms with Crippen LogP contribution in [0.2, 0.25) is 0 Å². The van der Waals surface area contributed by atoms with Gasteiger partial charge >= 0.3 is 0 Å². The molecule has 0 aliphatic carbocycles. The van der Waals surface area contributed by atoms with Gasteiger partial charge in [0.05, 0.1) is 12.3 Å². The molecule has 0 saturated heterocycles. The fraction of sp³-hybridized carbons (Fsp3) is 0.357. The molecule has 0 radical (unpaired) electrons. The standard InChI is InChI=1S/C14H15NO2S/c1-9-12(4-6-16)15-14(18-9)11-3-2-10-5-7-17-13(10)8-11/h2-3,8,16H,4-7H2,1H3. The Kier molecular flexibility index (Phi) is 3.06. The van der Waals surface area contributed by atoms with Crippen LogP contribution in [0, 0.1) is 6.92 Å².